The van der Waals surface area contributed by atoms with Gasteiger partial charge in [-0.3, -0.25) is 4.90 Å². The Bertz CT molecular complexity index is 425. The first-order valence-corrected chi connectivity index (χ1v) is 9.91. The minimum atomic E-state index is 0.280. The average molecular weight is 316 g/mol. The van der Waals surface area contributed by atoms with Gasteiger partial charge in [0, 0.05) is 12.6 Å². The molecule has 23 heavy (non-hydrogen) atoms. The summed E-state index contributed by atoms with van der Waals surface area (Å²) in [6, 6.07) is 11.2. The summed E-state index contributed by atoms with van der Waals surface area (Å²) in [5, 5.41) is 0. The molecule has 0 radical (unpaired) electrons. The molecule has 2 aliphatic rings. The lowest BCUT2D eigenvalue weighted by Crippen LogP contribution is -2.47. The molecule has 1 heterocycles. The molecule has 1 saturated carbocycles. The van der Waals surface area contributed by atoms with Crippen LogP contribution in [0.15, 0.2) is 30.3 Å². The molecule has 1 unspecified atom stereocenters. The van der Waals surface area contributed by atoms with Crippen LogP contribution in [-0.4, -0.2) is 23.7 Å². The van der Waals surface area contributed by atoms with E-state index in [1.165, 1.54) is 83.6 Å². The Morgan fingerprint density at radius 2 is 1.30 bits per heavy atom. The number of benzene rings is 1. The summed E-state index contributed by atoms with van der Waals surface area (Å²) in [5.74, 6) is 1.04. The fourth-order valence-corrected chi connectivity index (χ4v) is 4.24. The van der Waals surface area contributed by atoms with Crippen molar-refractivity contribution < 1.29 is 4.74 Å². The van der Waals surface area contributed by atoms with Crippen LogP contribution in [0.3, 0.4) is 0 Å². The van der Waals surface area contributed by atoms with E-state index in [1.807, 2.05) is 0 Å². The van der Waals surface area contributed by atoms with E-state index in [0.717, 1.165) is 11.8 Å². The Hall–Kier alpha value is -1.02. The molecule has 3 rings (SSSR count). The van der Waals surface area contributed by atoms with Gasteiger partial charge in [-0.2, -0.15) is 0 Å². The van der Waals surface area contributed by atoms with E-state index < -0.39 is 0 Å². The van der Waals surface area contributed by atoms with Crippen LogP contribution in [0.4, 0.5) is 0 Å². The zero-order valence-corrected chi connectivity index (χ0v) is 14.6. The first-order valence-electron chi connectivity index (χ1n) is 9.91. The fraction of sp³-hybridized carbons (Fsp3) is 0.714. The van der Waals surface area contributed by atoms with Crippen molar-refractivity contribution in [2.24, 2.45) is 0 Å². The zero-order valence-electron chi connectivity index (χ0n) is 14.6. The van der Waals surface area contributed by atoms with Crippen LogP contribution < -0.4 is 4.74 Å². The highest BCUT2D eigenvalue weighted by atomic mass is 16.5. The Labute approximate surface area is 142 Å². The molecule has 1 aromatic carbocycles. The SMILES string of the molecule is c1ccc(OC2CCCCCCN2C2CCCCCCC2)cc1. The second-order valence-corrected chi connectivity index (χ2v) is 7.33. The predicted molar refractivity (Wildman–Crippen MR) is 96.8 cm³/mol. The number of ether oxygens (including phenoxy) is 1. The highest BCUT2D eigenvalue weighted by molar-refractivity contribution is 5.21. The molecule has 128 valence electrons. The van der Waals surface area contributed by atoms with Gasteiger partial charge in [0.25, 0.3) is 0 Å². The summed E-state index contributed by atoms with van der Waals surface area (Å²) in [4.78, 5) is 2.73. The van der Waals surface area contributed by atoms with Gasteiger partial charge >= 0.3 is 0 Å². The Balaban J connectivity index is 1.70. The van der Waals surface area contributed by atoms with Crippen molar-refractivity contribution in [3.63, 3.8) is 0 Å². The van der Waals surface area contributed by atoms with Gasteiger partial charge in [0.1, 0.15) is 5.75 Å². The van der Waals surface area contributed by atoms with E-state index in [2.05, 4.69) is 35.2 Å². The van der Waals surface area contributed by atoms with Gasteiger partial charge in [-0.15, -0.1) is 0 Å². The molecule has 0 spiro atoms. The predicted octanol–water partition coefficient (Wildman–Crippen LogP) is 5.77. The van der Waals surface area contributed by atoms with Crippen molar-refractivity contribution in [1.82, 2.24) is 4.90 Å². The van der Waals surface area contributed by atoms with E-state index in [-0.39, 0.29) is 6.23 Å². The van der Waals surface area contributed by atoms with Gasteiger partial charge in [-0.1, -0.05) is 63.1 Å². The number of rotatable bonds is 3. The second kappa shape index (κ2) is 9.32. The normalized spacial score (nSPS) is 25.8. The first-order chi connectivity index (χ1) is 11.4. The second-order valence-electron chi connectivity index (χ2n) is 7.33. The molecule has 1 aliphatic heterocycles. The van der Waals surface area contributed by atoms with Crippen LogP contribution >= 0.6 is 0 Å². The largest absolute Gasteiger partial charge is 0.475 e. The van der Waals surface area contributed by atoms with Gasteiger partial charge in [0.15, 0.2) is 6.23 Å². The molecule has 1 atom stereocenters. The van der Waals surface area contributed by atoms with Crippen LogP contribution in [0.5, 0.6) is 5.75 Å². The molecule has 0 amide bonds. The summed E-state index contributed by atoms with van der Waals surface area (Å²) in [5.41, 5.74) is 0. The molecule has 2 fully saturated rings. The van der Waals surface area contributed by atoms with Crippen LogP contribution in [0.2, 0.25) is 0 Å². The van der Waals surface area contributed by atoms with Crippen LogP contribution in [-0.2, 0) is 0 Å². The van der Waals surface area contributed by atoms with Crippen LogP contribution in [0, 0.1) is 0 Å². The van der Waals surface area contributed by atoms with Gasteiger partial charge < -0.3 is 4.74 Å². The maximum atomic E-state index is 6.45. The quantitative estimate of drug-likeness (QED) is 0.702. The maximum Gasteiger partial charge on any atom is 0.152 e. The summed E-state index contributed by atoms with van der Waals surface area (Å²) < 4.78 is 6.45. The Kier molecular flexibility index (Phi) is 6.82. The average Bonchev–Trinajstić information content (AvgIpc) is 2.52. The van der Waals surface area contributed by atoms with Crippen molar-refractivity contribution in [3.05, 3.63) is 30.3 Å². The van der Waals surface area contributed by atoms with Crippen molar-refractivity contribution in [2.45, 2.75) is 89.3 Å². The van der Waals surface area contributed by atoms with Crippen LogP contribution in [0.25, 0.3) is 0 Å². The topological polar surface area (TPSA) is 12.5 Å². The van der Waals surface area contributed by atoms with E-state index in [1.54, 1.807) is 0 Å². The van der Waals surface area contributed by atoms with Crippen molar-refractivity contribution in [2.75, 3.05) is 6.54 Å². The molecule has 0 aromatic heterocycles. The first kappa shape index (κ1) is 16.8. The molecular formula is C21H33NO. The number of hydrogen-bond donors (Lipinski definition) is 0. The van der Waals surface area contributed by atoms with E-state index in [4.69, 9.17) is 4.74 Å². The zero-order chi connectivity index (χ0) is 15.7. The number of para-hydroxylation sites is 1. The third kappa shape index (κ3) is 5.24. The third-order valence-corrected chi connectivity index (χ3v) is 5.55. The van der Waals surface area contributed by atoms with Crippen molar-refractivity contribution >= 4 is 0 Å². The molecule has 0 bridgehead atoms. The summed E-state index contributed by atoms with van der Waals surface area (Å²) >= 11 is 0. The lowest BCUT2D eigenvalue weighted by atomic mass is 9.94. The molecule has 2 nitrogen and oxygen atoms in total. The molecule has 0 N–H and O–H groups in total. The van der Waals surface area contributed by atoms with Crippen molar-refractivity contribution in [1.29, 1.82) is 0 Å². The summed E-state index contributed by atoms with van der Waals surface area (Å²) in [7, 11) is 0. The minimum absolute atomic E-state index is 0.280. The molecule has 1 aromatic rings. The molecule has 2 heteroatoms. The third-order valence-electron chi connectivity index (χ3n) is 5.55. The Morgan fingerprint density at radius 3 is 2.04 bits per heavy atom. The highest BCUT2D eigenvalue weighted by Crippen LogP contribution is 2.28. The van der Waals surface area contributed by atoms with Gasteiger partial charge in [-0.05, 0) is 44.2 Å². The lowest BCUT2D eigenvalue weighted by molar-refractivity contribution is -0.0256. The standard InChI is InChI=1S/C21H33NO/c1-2-7-13-19(14-8-3-1)22-18-12-5-4-11-17-21(22)23-20-15-9-6-10-16-20/h6,9-10,15-16,19,21H,1-5,7-8,11-14,17-18H2. The van der Waals surface area contributed by atoms with E-state index in [0.29, 0.717) is 0 Å². The smallest absolute Gasteiger partial charge is 0.152 e. The van der Waals surface area contributed by atoms with Gasteiger partial charge in [0.2, 0.25) is 0 Å². The summed E-state index contributed by atoms with van der Waals surface area (Å²) in [6.07, 6.45) is 16.7. The van der Waals surface area contributed by atoms with Crippen LogP contribution in [0.1, 0.15) is 77.0 Å². The molecular weight excluding hydrogens is 282 g/mol. The van der Waals surface area contributed by atoms with E-state index >= 15 is 0 Å². The minimum Gasteiger partial charge on any atom is -0.475 e. The number of likely N-dealkylation sites (tertiary alicyclic amines) is 1. The Morgan fingerprint density at radius 1 is 0.696 bits per heavy atom. The molecule has 1 aliphatic carbocycles. The summed E-state index contributed by atoms with van der Waals surface area (Å²) in [6.45, 7) is 1.22. The monoisotopic (exact) mass is 315 g/mol. The molecule has 1 saturated heterocycles. The van der Waals surface area contributed by atoms with Gasteiger partial charge in [-0.25, -0.2) is 0 Å². The lowest BCUT2D eigenvalue weighted by Gasteiger charge is -2.40. The van der Waals surface area contributed by atoms with Crippen molar-refractivity contribution in [3.8, 4) is 5.75 Å². The number of nitrogens with zero attached hydrogens (tertiary/aromatic N) is 1. The maximum absolute atomic E-state index is 6.45. The highest BCUT2D eigenvalue weighted by Gasteiger charge is 2.28. The van der Waals surface area contributed by atoms with E-state index in [9.17, 15) is 0 Å². The number of hydrogen-bond acceptors (Lipinski definition) is 2. The van der Waals surface area contributed by atoms with Gasteiger partial charge in [0.05, 0.1) is 0 Å². The fourth-order valence-electron chi connectivity index (χ4n) is 4.24.